The zero-order valence-electron chi connectivity index (χ0n) is 12.3. The van der Waals surface area contributed by atoms with E-state index in [4.69, 9.17) is 4.74 Å². The van der Waals surface area contributed by atoms with Crippen LogP contribution in [0.4, 0.5) is 5.82 Å². The Bertz CT molecular complexity index is 569. The van der Waals surface area contributed by atoms with Crippen molar-refractivity contribution in [2.75, 3.05) is 18.5 Å². The molecule has 2 aromatic rings. The molecule has 4 nitrogen and oxygen atoms in total. The van der Waals surface area contributed by atoms with Crippen LogP contribution in [0, 0.1) is 6.92 Å². The minimum absolute atomic E-state index is 0.439. The summed E-state index contributed by atoms with van der Waals surface area (Å²) in [5.74, 6) is 1.55. The van der Waals surface area contributed by atoms with E-state index in [1.165, 1.54) is 5.56 Å². The van der Waals surface area contributed by atoms with Gasteiger partial charge in [-0.1, -0.05) is 23.8 Å². The van der Waals surface area contributed by atoms with Gasteiger partial charge in [0.1, 0.15) is 12.4 Å². The van der Waals surface area contributed by atoms with E-state index in [1.807, 2.05) is 19.1 Å². The Labute approximate surface area is 120 Å². The molecule has 1 N–H and O–H groups in total. The minimum atomic E-state index is 0.439. The van der Waals surface area contributed by atoms with Gasteiger partial charge in [-0.05, 0) is 26.8 Å². The molecule has 0 saturated heterocycles. The second kappa shape index (κ2) is 7.01. The fourth-order valence-corrected chi connectivity index (χ4v) is 1.98. The third-order valence-electron chi connectivity index (χ3n) is 2.88. The molecule has 20 heavy (non-hydrogen) atoms. The zero-order valence-corrected chi connectivity index (χ0v) is 12.3. The number of hydrogen-bond acceptors (Lipinski definition) is 4. The normalized spacial score (nSPS) is 10.6. The van der Waals surface area contributed by atoms with Gasteiger partial charge in [0.25, 0.3) is 0 Å². The van der Waals surface area contributed by atoms with Gasteiger partial charge in [0, 0.05) is 24.8 Å². The van der Waals surface area contributed by atoms with Gasteiger partial charge in [-0.2, -0.15) is 0 Å². The molecule has 0 saturated carbocycles. The average Bonchev–Trinajstić information content (AvgIpc) is 2.45. The van der Waals surface area contributed by atoms with Crippen LogP contribution < -0.4 is 5.32 Å². The summed E-state index contributed by atoms with van der Waals surface area (Å²) in [7, 11) is 0. The SMILES string of the molecule is CCNc1cc(-c2cccc(C)c2)nc(COCC)n1. The Morgan fingerprint density at radius 3 is 2.70 bits per heavy atom. The molecule has 0 aliphatic carbocycles. The van der Waals surface area contributed by atoms with Crippen molar-refractivity contribution >= 4 is 5.82 Å². The summed E-state index contributed by atoms with van der Waals surface area (Å²) < 4.78 is 5.41. The summed E-state index contributed by atoms with van der Waals surface area (Å²) in [5, 5.41) is 3.24. The molecule has 0 atom stereocenters. The summed E-state index contributed by atoms with van der Waals surface area (Å²) in [6, 6.07) is 10.3. The number of benzene rings is 1. The van der Waals surface area contributed by atoms with Gasteiger partial charge in [0.05, 0.1) is 5.69 Å². The Morgan fingerprint density at radius 2 is 2.00 bits per heavy atom. The van der Waals surface area contributed by atoms with Crippen molar-refractivity contribution in [1.82, 2.24) is 9.97 Å². The summed E-state index contributed by atoms with van der Waals surface area (Å²) in [6.45, 7) is 8.03. The van der Waals surface area contributed by atoms with Crippen molar-refractivity contribution in [3.8, 4) is 11.3 Å². The molecule has 1 aromatic heterocycles. The van der Waals surface area contributed by atoms with E-state index in [-0.39, 0.29) is 0 Å². The molecule has 106 valence electrons. The molecule has 0 bridgehead atoms. The van der Waals surface area contributed by atoms with Crippen LogP contribution in [-0.2, 0) is 11.3 Å². The fraction of sp³-hybridized carbons (Fsp3) is 0.375. The second-order valence-electron chi connectivity index (χ2n) is 4.59. The van der Waals surface area contributed by atoms with Gasteiger partial charge in [-0.25, -0.2) is 9.97 Å². The topological polar surface area (TPSA) is 47.0 Å². The molecule has 1 aromatic carbocycles. The first-order valence-electron chi connectivity index (χ1n) is 6.99. The van der Waals surface area contributed by atoms with E-state index in [0.717, 1.165) is 23.6 Å². The van der Waals surface area contributed by atoms with Crippen molar-refractivity contribution in [3.63, 3.8) is 0 Å². The van der Waals surface area contributed by atoms with Crippen LogP contribution in [-0.4, -0.2) is 23.1 Å². The largest absolute Gasteiger partial charge is 0.374 e. The Hall–Kier alpha value is -1.94. The number of aromatic nitrogens is 2. The maximum absolute atomic E-state index is 5.41. The summed E-state index contributed by atoms with van der Waals surface area (Å²) in [4.78, 5) is 9.05. The van der Waals surface area contributed by atoms with Crippen molar-refractivity contribution in [3.05, 3.63) is 41.7 Å². The van der Waals surface area contributed by atoms with Crippen LogP contribution >= 0.6 is 0 Å². The lowest BCUT2D eigenvalue weighted by Gasteiger charge is -2.09. The first-order chi connectivity index (χ1) is 9.72. The van der Waals surface area contributed by atoms with Crippen LogP contribution in [0.15, 0.2) is 30.3 Å². The Balaban J connectivity index is 2.37. The molecular formula is C16H21N3O. The molecule has 0 fully saturated rings. The summed E-state index contributed by atoms with van der Waals surface area (Å²) in [5.41, 5.74) is 3.25. The minimum Gasteiger partial charge on any atom is -0.374 e. The third kappa shape index (κ3) is 3.78. The Kier molecular flexibility index (Phi) is 5.07. The van der Waals surface area contributed by atoms with E-state index in [2.05, 4.69) is 47.3 Å². The molecule has 0 unspecified atom stereocenters. The monoisotopic (exact) mass is 271 g/mol. The number of aryl methyl sites for hydroxylation is 1. The van der Waals surface area contributed by atoms with E-state index in [1.54, 1.807) is 0 Å². The zero-order chi connectivity index (χ0) is 14.4. The third-order valence-corrected chi connectivity index (χ3v) is 2.88. The van der Waals surface area contributed by atoms with Gasteiger partial charge in [-0.15, -0.1) is 0 Å². The number of nitrogens with zero attached hydrogens (tertiary/aromatic N) is 2. The standard InChI is InChI=1S/C16H21N3O/c1-4-17-15-10-14(13-8-6-7-12(3)9-13)18-16(19-15)11-20-5-2/h6-10H,4-5,11H2,1-3H3,(H,17,18,19). The number of ether oxygens (including phenoxy) is 1. The van der Waals surface area contributed by atoms with Crippen molar-refractivity contribution in [2.45, 2.75) is 27.4 Å². The highest BCUT2D eigenvalue weighted by atomic mass is 16.5. The van der Waals surface area contributed by atoms with Crippen molar-refractivity contribution in [1.29, 1.82) is 0 Å². The van der Waals surface area contributed by atoms with Gasteiger partial charge < -0.3 is 10.1 Å². The Morgan fingerprint density at radius 1 is 1.15 bits per heavy atom. The molecule has 0 radical (unpaired) electrons. The van der Waals surface area contributed by atoms with Crippen LogP contribution in [0.1, 0.15) is 25.2 Å². The molecular weight excluding hydrogens is 250 g/mol. The number of anilines is 1. The lowest BCUT2D eigenvalue weighted by Crippen LogP contribution is -2.06. The highest BCUT2D eigenvalue weighted by Gasteiger charge is 2.07. The van der Waals surface area contributed by atoms with Gasteiger partial charge in [0.2, 0.25) is 0 Å². The number of rotatable bonds is 6. The van der Waals surface area contributed by atoms with Gasteiger partial charge in [0.15, 0.2) is 5.82 Å². The smallest absolute Gasteiger partial charge is 0.157 e. The number of nitrogens with one attached hydrogen (secondary N) is 1. The fourth-order valence-electron chi connectivity index (χ4n) is 1.98. The van der Waals surface area contributed by atoms with Crippen LogP contribution in [0.25, 0.3) is 11.3 Å². The highest BCUT2D eigenvalue weighted by Crippen LogP contribution is 2.21. The summed E-state index contributed by atoms with van der Waals surface area (Å²) in [6.07, 6.45) is 0. The molecule has 4 heteroatoms. The second-order valence-corrected chi connectivity index (χ2v) is 4.59. The lowest BCUT2D eigenvalue weighted by molar-refractivity contribution is 0.128. The maximum atomic E-state index is 5.41. The van der Waals surface area contributed by atoms with E-state index < -0.39 is 0 Å². The predicted molar refractivity (Wildman–Crippen MR) is 81.7 cm³/mol. The molecule has 0 aliphatic rings. The first kappa shape index (κ1) is 14.5. The first-order valence-corrected chi connectivity index (χ1v) is 6.99. The van der Waals surface area contributed by atoms with Gasteiger partial charge >= 0.3 is 0 Å². The molecule has 1 heterocycles. The van der Waals surface area contributed by atoms with Crippen LogP contribution in [0.3, 0.4) is 0 Å². The average molecular weight is 271 g/mol. The van der Waals surface area contributed by atoms with E-state index >= 15 is 0 Å². The molecule has 2 rings (SSSR count). The molecule has 0 amide bonds. The quantitative estimate of drug-likeness (QED) is 0.874. The van der Waals surface area contributed by atoms with Gasteiger partial charge in [-0.3, -0.25) is 0 Å². The van der Waals surface area contributed by atoms with Crippen LogP contribution in [0.2, 0.25) is 0 Å². The number of hydrogen-bond donors (Lipinski definition) is 1. The summed E-state index contributed by atoms with van der Waals surface area (Å²) >= 11 is 0. The highest BCUT2D eigenvalue weighted by molar-refractivity contribution is 5.63. The molecule has 0 spiro atoms. The van der Waals surface area contributed by atoms with Crippen molar-refractivity contribution in [2.24, 2.45) is 0 Å². The lowest BCUT2D eigenvalue weighted by atomic mass is 10.1. The van der Waals surface area contributed by atoms with E-state index in [9.17, 15) is 0 Å². The maximum Gasteiger partial charge on any atom is 0.157 e. The van der Waals surface area contributed by atoms with Crippen molar-refractivity contribution < 1.29 is 4.74 Å². The van der Waals surface area contributed by atoms with Crippen LogP contribution in [0.5, 0.6) is 0 Å². The molecule has 0 aliphatic heterocycles. The van der Waals surface area contributed by atoms with E-state index in [0.29, 0.717) is 19.0 Å². The predicted octanol–water partition coefficient (Wildman–Crippen LogP) is 3.42.